The largest absolute Gasteiger partial charge is 0.382 e. The van der Waals surface area contributed by atoms with Gasteiger partial charge in [0.25, 0.3) is 5.56 Å². The average Bonchev–Trinajstić information content (AvgIpc) is 3.04. The molecule has 0 saturated heterocycles. The van der Waals surface area contributed by atoms with Crippen molar-refractivity contribution in [3.8, 4) is 11.1 Å². The molecule has 0 radical (unpaired) electrons. The predicted molar refractivity (Wildman–Crippen MR) is 101 cm³/mol. The van der Waals surface area contributed by atoms with E-state index in [-0.39, 0.29) is 10.5 Å². The minimum atomic E-state index is -3.30. The summed E-state index contributed by atoms with van der Waals surface area (Å²) in [4.78, 5) is 12.3. The van der Waals surface area contributed by atoms with Crippen molar-refractivity contribution in [2.75, 3.05) is 11.6 Å². The van der Waals surface area contributed by atoms with Gasteiger partial charge in [0.05, 0.1) is 4.90 Å². The van der Waals surface area contributed by atoms with Crippen LogP contribution in [0.15, 0.2) is 40.2 Å². The first kappa shape index (κ1) is 17.7. The Labute approximate surface area is 148 Å². The third-order valence-corrected chi connectivity index (χ3v) is 5.92. The van der Waals surface area contributed by atoms with Crippen molar-refractivity contribution >= 4 is 15.5 Å². The molecule has 0 bridgehead atoms. The van der Waals surface area contributed by atoms with Crippen molar-refractivity contribution in [3.63, 3.8) is 0 Å². The number of hydrogen-bond donors (Lipinski definition) is 1. The van der Waals surface area contributed by atoms with E-state index in [1.165, 1.54) is 23.7 Å². The minimum Gasteiger partial charge on any atom is -0.382 e. The van der Waals surface area contributed by atoms with Gasteiger partial charge in [0.2, 0.25) is 0 Å². The second-order valence-electron chi connectivity index (χ2n) is 6.93. The molecule has 25 heavy (non-hydrogen) atoms. The number of rotatable bonds is 4. The van der Waals surface area contributed by atoms with Crippen LogP contribution in [-0.4, -0.2) is 25.3 Å². The molecular formula is C19H24N2O3S. The van der Waals surface area contributed by atoms with Crippen LogP contribution in [0.4, 0.5) is 5.69 Å². The van der Waals surface area contributed by atoms with E-state index >= 15 is 0 Å². The molecule has 1 fully saturated rings. The molecule has 0 atom stereocenters. The molecule has 0 amide bonds. The quantitative estimate of drug-likeness (QED) is 0.910. The third-order valence-electron chi connectivity index (χ3n) is 4.81. The standard InChI is InChI=1S/C19H24N2O3S/c1-13-10-14(12-21(2)19(13)22)17-11-16(25(3,23)24)8-9-18(17)20-15-6-4-5-7-15/h8-12,15,20H,4-7H2,1-3H3. The number of benzene rings is 1. The van der Waals surface area contributed by atoms with Gasteiger partial charge < -0.3 is 9.88 Å². The Bertz CT molecular complexity index is 929. The minimum absolute atomic E-state index is 0.0479. The maximum Gasteiger partial charge on any atom is 0.253 e. The summed E-state index contributed by atoms with van der Waals surface area (Å²) in [6, 6.07) is 7.42. The van der Waals surface area contributed by atoms with Crippen molar-refractivity contribution in [1.29, 1.82) is 0 Å². The van der Waals surface area contributed by atoms with Gasteiger partial charge in [-0.1, -0.05) is 12.8 Å². The van der Waals surface area contributed by atoms with E-state index in [1.54, 1.807) is 32.3 Å². The lowest BCUT2D eigenvalue weighted by atomic mass is 10.0. The van der Waals surface area contributed by atoms with Crippen molar-refractivity contribution in [2.45, 2.75) is 43.5 Å². The molecule has 1 aliphatic rings. The zero-order valence-electron chi connectivity index (χ0n) is 14.9. The second-order valence-corrected chi connectivity index (χ2v) is 8.95. The molecule has 0 spiro atoms. The Hall–Kier alpha value is -2.08. The molecule has 5 nitrogen and oxygen atoms in total. The molecule has 1 heterocycles. The number of sulfone groups is 1. The molecule has 0 unspecified atom stereocenters. The Balaban J connectivity index is 2.14. The first-order valence-corrected chi connectivity index (χ1v) is 10.4. The smallest absolute Gasteiger partial charge is 0.253 e. The lowest BCUT2D eigenvalue weighted by Crippen LogP contribution is -2.19. The van der Waals surface area contributed by atoms with E-state index in [2.05, 4.69) is 5.32 Å². The topological polar surface area (TPSA) is 68.2 Å². The first-order valence-electron chi connectivity index (χ1n) is 8.54. The lowest BCUT2D eigenvalue weighted by molar-refractivity contribution is 0.602. The summed E-state index contributed by atoms with van der Waals surface area (Å²) >= 11 is 0. The summed E-state index contributed by atoms with van der Waals surface area (Å²) in [7, 11) is -1.59. The maximum atomic E-state index is 12.0. The van der Waals surface area contributed by atoms with Crippen LogP contribution in [0.2, 0.25) is 0 Å². The van der Waals surface area contributed by atoms with Crippen LogP contribution in [0.5, 0.6) is 0 Å². The first-order chi connectivity index (χ1) is 11.8. The fourth-order valence-corrected chi connectivity index (χ4v) is 4.08. The van der Waals surface area contributed by atoms with E-state index in [9.17, 15) is 13.2 Å². The molecule has 3 rings (SSSR count). The van der Waals surface area contributed by atoms with Gasteiger partial charge in [0.1, 0.15) is 0 Å². The summed E-state index contributed by atoms with van der Waals surface area (Å²) in [6.45, 7) is 1.77. The number of hydrogen-bond acceptors (Lipinski definition) is 4. The number of aryl methyl sites for hydroxylation is 2. The Morgan fingerprint density at radius 3 is 2.44 bits per heavy atom. The van der Waals surface area contributed by atoms with E-state index in [4.69, 9.17) is 0 Å². The maximum absolute atomic E-state index is 12.0. The summed E-state index contributed by atoms with van der Waals surface area (Å²) in [5.41, 5.74) is 3.15. The zero-order chi connectivity index (χ0) is 18.2. The lowest BCUT2D eigenvalue weighted by Gasteiger charge is -2.19. The molecule has 2 aromatic rings. The van der Waals surface area contributed by atoms with E-state index in [0.29, 0.717) is 11.6 Å². The number of anilines is 1. The fourth-order valence-electron chi connectivity index (χ4n) is 3.43. The van der Waals surface area contributed by atoms with Crippen molar-refractivity contribution in [3.05, 3.63) is 46.4 Å². The molecule has 1 N–H and O–H groups in total. The van der Waals surface area contributed by atoms with Crippen molar-refractivity contribution in [2.24, 2.45) is 7.05 Å². The number of aromatic nitrogens is 1. The van der Waals surface area contributed by atoms with Crippen LogP contribution in [-0.2, 0) is 16.9 Å². The van der Waals surface area contributed by atoms with Gasteiger partial charge in [-0.05, 0) is 44.0 Å². The molecule has 134 valence electrons. The summed E-state index contributed by atoms with van der Waals surface area (Å²) in [6.07, 6.45) is 7.65. The molecule has 1 saturated carbocycles. The van der Waals surface area contributed by atoms with E-state index in [0.717, 1.165) is 29.7 Å². The highest BCUT2D eigenvalue weighted by atomic mass is 32.2. The van der Waals surface area contributed by atoms with Crippen LogP contribution in [0.1, 0.15) is 31.2 Å². The van der Waals surface area contributed by atoms with Crippen molar-refractivity contribution < 1.29 is 8.42 Å². The van der Waals surface area contributed by atoms with Gasteiger partial charge >= 0.3 is 0 Å². The van der Waals surface area contributed by atoms with Crippen LogP contribution in [0.3, 0.4) is 0 Å². The van der Waals surface area contributed by atoms with Gasteiger partial charge in [-0.25, -0.2) is 8.42 Å². The van der Waals surface area contributed by atoms with Gasteiger partial charge in [-0.3, -0.25) is 4.79 Å². The summed E-state index contributed by atoms with van der Waals surface area (Å²) in [5.74, 6) is 0. The van der Waals surface area contributed by atoms with Gasteiger partial charge in [-0.2, -0.15) is 0 Å². The molecule has 1 aromatic carbocycles. The number of nitrogens with zero attached hydrogens (tertiary/aromatic N) is 1. The third kappa shape index (κ3) is 3.79. The zero-order valence-corrected chi connectivity index (χ0v) is 15.7. The summed E-state index contributed by atoms with van der Waals surface area (Å²) in [5, 5.41) is 3.56. The molecule has 1 aliphatic carbocycles. The van der Waals surface area contributed by atoms with Gasteiger partial charge in [-0.15, -0.1) is 0 Å². The van der Waals surface area contributed by atoms with Crippen LogP contribution in [0, 0.1) is 6.92 Å². The SMILES string of the molecule is Cc1cc(-c2cc(S(C)(=O)=O)ccc2NC2CCCC2)cn(C)c1=O. The fraction of sp³-hybridized carbons (Fsp3) is 0.421. The Morgan fingerprint density at radius 2 is 1.84 bits per heavy atom. The van der Waals surface area contributed by atoms with Crippen LogP contribution in [0.25, 0.3) is 11.1 Å². The Kier molecular flexibility index (Phi) is 4.73. The second kappa shape index (κ2) is 6.67. The molecule has 6 heteroatoms. The monoisotopic (exact) mass is 360 g/mol. The predicted octanol–water partition coefficient (Wildman–Crippen LogP) is 3.12. The van der Waals surface area contributed by atoms with Crippen molar-refractivity contribution in [1.82, 2.24) is 4.57 Å². The van der Waals surface area contributed by atoms with Gasteiger partial charge in [0.15, 0.2) is 9.84 Å². The van der Waals surface area contributed by atoms with E-state index < -0.39 is 9.84 Å². The normalized spacial score (nSPS) is 15.5. The van der Waals surface area contributed by atoms with Crippen LogP contribution < -0.4 is 10.9 Å². The molecule has 0 aliphatic heterocycles. The average molecular weight is 360 g/mol. The molecular weight excluding hydrogens is 336 g/mol. The highest BCUT2D eigenvalue weighted by Gasteiger charge is 2.18. The highest BCUT2D eigenvalue weighted by molar-refractivity contribution is 7.90. The molecule has 1 aromatic heterocycles. The summed E-state index contributed by atoms with van der Waals surface area (Å²) < 4.78 is 25.5. The number of nitrogens with one attached hydrogen (secondary N) is 1. The van der Waals surface area contributed by atoms with Crippen LogP contribution >= 0.6 is 0 Å². The highest BCUT2D eigenvalue weighted by Crippen LogP contribution is 2.33. The Morgan fingerprint density at radius 1 is 1.16 bits per heavy atom. The number of pyridine rings is 1. The van der Waals surface area contributed by atoms with E-state index in [1.807, 2.05) is 12.1 Å². The van der Waals surface area contributed by atoms with Gasteiger partial charge in [0, 0.05) is 47.9 Å².